The van der Waals surface area contributed by atoms with E-state index in [-0.39, 0.29) is 12.5 Å². The molecule has 27 heavy (non-hydrogen) atoms. The summed E-state index contributed by atoms with van der Waals surface area (Å²) < 4.78 is 10.3. The van der Waals surface area contributed by atoms with Crippen molar-refractivity contribution in [1.29, 1.82) is 0 Å². The summed E-state index contributed by atoms with van der Waals surface area (Å²) in [7, 11) is 0. The van der Waals surface area contributed by atoms with Gasteiger partial charge in [-0.2, -0.15) is 0 Å². The smallest absolute Gasteiger partial charge is 0.412 e. The van der Waals surface area contributed by atoms with Gasteiger partial charge in [0.1, 0.15) is 12.8 Å². The molecule has 1 fully saturated rings. The predicted molar refractivity (Wildman–Crippen MR) is 109 cm³/mol. The second kappa shape index (κ2) is 15.9. The topological polar surface area (TPSA) is 55.8 Å². The number of hydrogen-bond acceptors (Lipinski definition) is 4. The molecule has 0 aliphatic carbocycles. The van der Waals surface area contributed by atoms with Gasteiger partial charge in [0.05, 0.1) is 13.2 Å². The second-order valence-electron chi connectivity index (χ2n) is 7.64. The Hall–Kier alpha value is -1.10. The van der Waals surface area contributed by atoms with Crippen LogP contribution in [0.4, 0.5) is 4.79 Å². The van der Waals surface area contributed by atoms with Gasteiger partial charge in [-0.15, -0.1) is 0 Å². The van der Waals surface area contributed by atoms with Gasteiger partial charge in [0.25, 0.3) is 0 Å². The predicted octanol–water partition coefficient (Wildman–Crippen LogP) is 5.85. The Kier molecular flexibility index (Phi) is 14.1. The average molecular weight is 384 g/mol. The Morgan fingerprint density at radius 2 is 1.37 bits per heavy atom. The molecule has 0 N–H and O–H groups in total. The molecule has 5 nitrogen and oxygen atoms in total. The van der Waals surface area contributed by atoms with Crippen LogP contribution >= 0.6 is 0 Å². The number of ketones is 1. The van der Waals surface area contributed by atoms with Gasteiger partial charge in [-0.25, -0.2) is 4.79 Å². The highest BCUT2D eigenvalue weighted by molar-refractivity contribution is 5.87. The van der Waals surface area contributed by atoms with Crippen LogP contribution in [0.1, 0.15) is 104 Å². The zero-order chi connectivity index (χ0) is 19.7. The van der Waals surface area contributed by atoms with E-state index in [0.29, 0.717) is 19.6 Å². The van der Waals surface area contributed by atoms with Crippen molar-refractivity contribution in [2.24, 2.45) is 0 Å². The monoisotopic (exact) mass is 383 g/mol. The standard InChI is InChI=1S/C22H41NO4/c1-3-5-6-7-8-9-10-11-12-13-14-15-16-17-21(24)20-18-26-19-23(20)22(25)27-4-2/h20H,3-19H2,1-2H3/t20-/m0/s1. The molecule has 0 bridgehead atoms. The Balaban J connectivity index is 1.96. The van der Waals surface area contributed by atoms with E-state index in [2.05, 4.69) is 6.92 Å². The van der Waals surface area contributed by atoms with Gasteiger partial charge in [0.15, 0.2) is 5.78 Å². The van der Waals surface area contributed by atoms with Gasteiger partial charge >= 0.3 is 6.09 Å². The van der Waals surface area contributed by atoms with E-state index in [9.17, 15) is 9.59 Å². The highest BCUT2D eigenvalue weighted by Crippen LogP contribution is 2.17. The zero-order valence-corrected chi connectivity index (χ0v) is 17.7. The first kappa shape index (κ1) is 23.9. The van der Waals surface area contributed by atoms with Gasteiger partial charge in [-0.1, -0.05) is 84.0 Å². The Morgan fingerprint density at radius 1 is 0.852 bits per heavy atom. The van der Waals surface area contributed by atoms with Crippen LogP contribution in [-0.2, 0) is 14.3 Å². The molecule has 0 aromatic carbocycles. The maximum atomic E-state index is 12.3. The van der Waals surface area contributed by atoms with Crippen molar-refractivity contribution in [2.75, 3.05) is 19.9 Å². The number of carbonyl (C=O) groups excluding carboxylic acids is 2. The third-order valence-corrected chi connectivity index (χ3v) is 5.28. The summed E-state index contributed by atoms with van der Waals surface area (Å²) >= 11 is 0. The van der Waals surface area contributed by atoms with Crippen LogP contribution < -0.4 is 0 Å². The molecule has 1 aliphatic heterocycles. The van der Waals surface area contributed by atoms with Crippen LogP contribution in [0.3, 0.4) is 0 Å². The van der Waals surface area contributed by atoms with Crippen molar-refractivity contribution in [3.63, 3.8) is 0 Å². The number of rotatable bonds is 16. The molecular formula is C22H41NO4. The minimum Gasteiger partial charge on any atom is -0.450 e. The lowest BCUT2D eigenvalue weighted by molar-refractivity contribution is -0.122. The molecule has 1 aliphatic rings. The fourth-order valence-electron chi connectivity index (χ4n) is 3.58. The van der Waals surface area contributed by atoms with E-state index in [1.54, 1.807) is 6.92 Å². The molecule has 0 spiro atoms. The maximum Gasteiger partial charge on any atom is 0.412 e. The van der Waals surface area contributed by atoms with Crippen LogP contribution in [0.25, 0.3) is 0 Å². The SMILES string of the molecule is CCCCCCCCCCCCCCCC(=O)[C@@H]1COCN1C(=O)OCC. The zero-order valence-electron chi connectivity index (χ0n) is 17.7. The number of nitrogens with zero attached hydrogens (tertiary/aromatic N) is 1. The van der Waals surface area contributed by atoms with Crippen LogP contribution in [0.15, 0.2) is 0 Å². The van der Waals surface area contributed by atoms with Crippen molar-refractivity contribution in [3.8, 4) is 0 Å². The van der Waals surface area contributed by atoms with Gasteiger partial charge in [0.2, 0.25) is 0 Å². The Labute approximate surface area is 166 Å². The first-order valence-corrected chi connectivity index (χ1v) is 11.2. The molecule has 0 saturated carbocycles. The normalized spacial score (nSPS) is 16.7. The lowest BCUT2D eigenvalue weighted by atomic mass is 10.0. The number of ether oxygens (including phenoxy) is 2. The summed E-state index contributed by atoms with van der Waals surface area (Å²) in [6, 6.07) is -0.457. The molecule has 1 heterocycles. The van der Waals surface area contributed by atoms with Crippen LogP contribution in [0.2, 0.25) is 0 Å². The average Bonchev–Trinajstić information content (AvgIpc) is 3.15. The Morgan fingerprint density at radius 3 is 1.89 bits per heavy atom. The number of Topliss-reactive ketones (excluding diaryl/α,β-unsaturated/α-hetero) is 1. The van der Waals surface area contributed by atoms with Crippen molar-refractivity contribution in [3.05, 3.63) is 0 Å². The van der Waals surface area contributed by atoms with E-state index in [0.717, 1.165) is 12.8 Å². The fourth-order valence-corrected chi connectivity index (χ4v) is 3.58. The maximum absolute atomic E-state index is 12.3. The molecule has 1 atom stereocenters. The minimum absolute atomic E-state index is 0.101. The molecule has 1 amide bonds. The lowest BCUT2D eigenvalue weighted by Crippen LogP contribution is -2.42. The molecule has 158 valence electrons. The number of unbranched alkanes of at least 4 members (excludes halogenated alkanes) is 12. The van der Waals surface area contributed by atoms with Crippen LogP contribution in [0.5, 0.6) is 0 Å². The third-order valence-electron chi connectivity index (χ3n) is 5.28. The van der Waals surface area contributed by atoms with Crippen molar-refractivity contribution >= 4 is 11.9 Å². The van der Waals surface area contributed by atoms with E-state index >= 15 is 0 Å². The summed E-state index contributed by atoms with van der Waals surface area (Å²) in [5.74, 6) is 0.101. The van der Waals surface area contributed by atoms with E-state index in [1.807, 2.05) is 0 Å². The first-order valence-electron chi connectivity index (χ1n) is 11.2. The van der Waals surface area contributed by atoms with E-state index in [4.69, 9.17) is 9.47 Å². The summed E-state index contributed by atoms with van der Waals surface area (Å²) in [6.07, 6.45) is 16.9. The summed E-state index contributed by atoms with van der Waals surface area (Å²) in [5.41, 5.74) is 0. The van der Waals surface area contributed by atoms with Gasteiger partial charge in [-0.3, -0.25) is 9.69 Å². The van der Waals surface area contributed by atoms with Crippen molar-refractivity contribution in [1.82, 2.24) is 4.90 Å². The van der Waals surface area contributed by atoms with E-state index in [1.165, 1.54) is 75.5 Å². The van der Waals surface area contributed by atoms with Crippen molar-refractivity contribution in [2.45, 2.75) is 110 Å². The number of amides is 1. The highest BCUT2D eigenvalue weighted by Gasteiger charge is 2.35. The van der Waals surface area contributed by atoms with Gasteiger partial charge in [-0.05, 0) is 13.3 Å². The highest BCUT2D eigenvalue weighted by atomic mass is 16.6. The minimum atomic E-state index is -0.457. The number of carbonyl (C=O) groups is 2. The molecule has 0 aromatic heterocycles. The number of hydrogen-bond donors (Lipinski definition) is 0. The quantitative estimate of drug-likeness (QED) is 0.314. The third kappa shape index (κ3) is 10.7. The fraction of sp³-hybridized carbons (Fsp3) is 0.909. The molecule has 5 heteroatoms. The first-order chi connectivity index (χ1) is 13.2. The molecule has 1 rings (SSSR count). The van der Waals surface area contributed by atoms with Crippen LogP contribution in [-0.4, -0.2) is 42.8 Å². The molecule has 1 saturated heterocycles. The van der Waals surface area contributed by atoms with E-state index < -0.39 is 12.1 Å². The molecular weight excluding hydrogens is 342 g/mol. The van der Waals surface area contributed by atoms with Gasteiger partial charge < -0.3 is 9.47 Å². The van der Waals surface area contributed by atoms with Crippen LogP contribution in [0, 0.1) is 0 Å². The largest absolute Gasteiger partial charge is 0.450 e. The second-order valence-corrected chi connectivity index (χ2v) is 7.64. The molecule has 0 unspecified atom stereocenters. The summed E-state index contributed by atoms with van der Waals surface area (Å²) in [6.45, 7) is 4.80. The Bertz CT molecular complexity index is 400. The lowest BCUT2D eigenvalue weighted by Gasteiger charge is -2.20. The van der Waals surface area contributed by atoms with Crippen molar-refractivity contribution < 1.29 is 19.1 Å². The summed E-state index contributed by atoms with van der Waals surface area (Å²) in [5, 5.41) is 0. The summed E-state index contributed by atoms with van der Waals surface area (Å²) in [4.78, 5) is 25.6. The van der Waals surface area contributed by atoms with Gasteiger partial charge in [0, 0.05) is 6.42 Å². The molecule has 0 aromatic rings. The molecule has 0 radical (unpaired) electrons.